The lowest BCUT2D eigenvalue weighted by Crippen LogP contribution is -2.32. The highest BCUT2D eigenvalue weighted by molar-refractivity contribution is 6.05. The number of carbonyl (C=O) groups is 1. The number of aromatic nitrogens is 1. The molecule has 0 saturated carbocycles. The van der Waals surface area contributed by atoms with Crippen molar-refractivity contribution in [2.24, 2.45) is 0 Å². The van der Waals surface area contributed by atoms with Crippen LogP contribution in [0.5, 0.6) is 0 Å². The molecule has 1 aromatic heterocycles. The van der Waals surface area contributed by atoms with Crippen molar-refractivity contribution in [3.63, 3.8) is 0 Å². The van der Waals surface area contributed by atoms with Crippen LogP contribution < -0.4 is 15.8 Å². The summed E-state index contributed by atoms with van der Waals surface area (Å²) in [6.45, 7) is 3.00. The van der Waals surface area contributed by atoms with Gasteiger partial charge in [0, 0.05) is 38.3 Å². The highest BCUT2D eigenvalue weighted by Crippen LogP contribution is 2.18. The Balaban J connectivity index is 1.84. The van der Waals surface area contributed by atoms with Crippen LogP contribution in [-0.4, -0.2) is 37.3 Å². The SMILES string of the molecule is Cc1ccn(CC2CCCO2)c(=O)c1C(=O)Nc1cccc(N(C)C)c1. The third kappa shape index (κ3) is 3.96. The Kier molecular flexibility index (Phi) is 5.42. The zero-order chi connectivity index (χ0) is 18.7. The van der Waals surface area contributed by atoms with Crippen LogP contribution in [0.4, 0.5) is 11.4 Å². The first-order chi connectivity index (χ1) is 12.5. The van der Waals surface area contributed by atoms with Crippen molar-refractivity contribution in [1.82, 2.24) is 4.57 Å². The van der Waals surface area contributed by atoms with Gasteiger partial charge in [-0.25, -0.2) is 0 Å². The first kappa shape index (κ1) is 18.2. The van der Waals surface area contributed by atoms with E-state index in [1.54, 1.807) is 17.7 Å². The molecule has 6 heteroatoms. The van der Waals surface area contributed by atoms with Gasteiger partial charge in [-0.3, -0.25) is 9.59 Å². The number of nitrogens with one attached hydrogen (secondary N) is 1. The highest BCUT2D eigenvalue weighted by Gasteiger charge is 2.20. The lowest BCUT2D eigenvalue weighted by atomic mass is 10.1. The van der Waals surface area contributed by atoms with Crippen molar-refractivity contribution < 1.29 is 9.53 Å². The molecule has 1 atom stereocenters. The third-order valence-electron chi connectivity index (χ3n) is 4.65. The summed E-state index contributed by atoms with van der Waals surface area (Å²) in [4.78, 5) is 27.5. The Bertz CT molecular complexity index is 852. The van der Waals surface area contributed by atoms with Crippen LogP contribution in [0.3, 0.4) is 0 Å². The zero-order valence-electron chi connectivity index (χ0n) is 15.5. The number of pyridine rings is 1. The van der Waals surface area contributed by atoms with E-state index in [0.717, 1.165) is 25.1 Å². The fourth-order valence-electron chi connectivity index (χ4n) is 3.15. The number of amides is 1. The molecule has 1 saturated heterocycles. The van der Waals surface area contributed by atoms with E-state index in [4.69, 9.17) is 4.74 Å². The van der Waals surface area contributed by atoms with Crippen LogP contribution in [0, 0.1) is 6.92 Å². The number of carbonyl (C=O) groups excluding carboxylic acids is 1. The second-order valence-corrected chi connectivity index (χ2v) is 6.87. The highest BCUT2D eigenvalue weighted by atomic mass is 16.5. The molecule has 1 aromatic carbocycles. The summed E-state index contributed by atoms with van der Waals surface area (Å²) in [7, 11) is 3.87. The van der Waals surface area contributed by atoms with Gasteiger partial charge < -0.3 is 19.5 Å². The fraction of sp³-hybridized carbons (Fsp3) is 0.400. The molecule has 6 nitrogen and oxygen atoms in total. The number of nitrogens with zero attached hydrogens (tertiary/aromatic N) is 2. The lowest BCUT2D eigenvalue weighted by molar-refractivity contribution is 0.0952. The minimum absolute atomic E-state index is 0.0445. The molecule has 3 rings (SSSR count). The maximum atomic E-state index is 12.8. The number of hydrogen-bond acceptors (Lipinski definition) is 4. The molecule has 1 unspecified atom stereocenters. The van der Waals surface area contributed by atoms with Gasteiger partial charge in [0.1, 0.15) is 5.56 Å². The minimum Gasteiger partial charge on any atom is -0.378 e. The molecule has 2 heterocycles. The maximum absolute atomic E-state index is 12.8. The fourth-order valence-corrected chi connectivity index (χ4v) is 3.15. The van der Waals surface area contributed by atoms with Crippen molar-refractivity contribution in [2.75, 3.05) is 30.9 Å². The Morgan fingerprint density at radius 2 is 2.15 bits per heavy atom. The van der Waals surface area contributed by atoms with Gasteiger partial charge >= 0.3 is 0 Å². The van der Waals surface area contributed by atoms with Crippen molar-refractivity contribution in [1.29, 1.82) is 0 Å². The number of benzene rings is 1. The average Bonchev–Trinajstić information content (AvgIpc) is 3.11. The topological polar surface area (TPSA) is 63.6 Å². The number of hydrogen-bond donors (Lipinski definition) is 1. The molecule has 0 spiro atoms. The van der Waals surface area contributed by atoms with Crippen molar-refractivity contribution in [2.45, 2.75) is 32.4 Å². The van der Waals surface area contributed by atoms with Gasteiger partial charge in [0.05, 0.1) is 12.6 Å². The summed E-state index contributed by atoms with van der Waals surface area (Å²) in [6.07, 6.45) is 3.74. The van der Waals surface area contributed by atoms with Gasteiger partial charge in [-0.1, -0.05) is 6.07 Å². The Morgan fingerprint density at radius 1 is 1.35 bits per heavy atom. The summed E-state index contributed by atoms with van der Waals surface area (Å²) >= 11 is 0. The van der Waals surface area contributed by atoms with Crippen LogP contribution in [0.15, 0.2) is 41.3 Å². The monoisotopic (exact) mass is 355 g/mol. The molecular formula is C20H25N3O3. The maximum Gasteiger partial charge on any atom is 0.263 e. The summed E-state index contributed by atoms with van der Waals surface area (Å²) in [5.74, 6) is -0.384. The molecule has 1 amide bonds. The van der Waals surface area contributed by atoms with Gasteiger partial charge in [0.15, 0.2) is 0 Å². The second-order valence-electron chi connectivity index (χ2n) is 6.87. The number of rotatable bonds is 5. The molecule has 1 aliphatic rings. The molecule has 1 fully saturated rings. The third-order valence-corrected chi connectivity index (χ3v) is 4.65. The molecule has 0 aliphatic carbocycles. The van der Waals surface area contributed by atoms with E-state index in [9.17, 15) is 9.59 Å². The summed E-state index contributed by atoms with van der Waals surface area (Å²) in [6, 6.07) is 9.33. The van der Waals surface area contributed by atoms with Crippen molar-refractivity contribution >= 4 is 17.3 Å². The minimum atomic E-state index is -0.384. The largest absolute Gasteiger partial charge is 0.378 e. The summed E-state index contributed by atoms with van der Waals surface area (Å²) < 4.78 is 7.19. The summed E-state index contributed by atoms with van der Waals surface area (Å²) in [5.41, 5.74) is 2.21. The first-order valence-electron chi connectivity index (χ1n) is 8.86. The Hall–Kier alpha value is -2.60. The molecule has 0 bridgehead atoms. The van der Waals surface area contributed by atoms with Crippen LogP contribution in [0.1, 0.15) is 28.8 Å². The van der Waals surface area contributed by atoms with Gasteiger partial charge in [0.2, 0.25) is 0 Å². The molecule has 1 N–H and O–H groups in total. The number of aryl methyl sites for hydroxylation is 1. The zero-order valence-corrected chi connectivity index (χ0v) is 15.5. The molecule has 0 radical (unpaired) electrons. The molecule has 138 valence electrons. The van der Waals surface area contributed by atoms with E-state index in [1.807, 2.05) is 49.3 Å². The molecule has 2 aromatic rings. The van der Waals surface area contributed by atoms with E-state index in [0.29, 0.717) is 17.8 Å². The van der Waals surface area contributed by atoms with Crippen LogP contribution in [-0.2, 0) is 11.3 Å². The van der Waals surface area contributed by atoms with E-state index >= 15 is 0 Å². The van der Waals surface area contributed by atoms with E-state index in [2.05, 4.69) is 5.32 Å². The van der Waals surface area contributed by atoms with Crippen molar-refractivity contribution in [3.05, 3.63) is 58.0 Å². The smallest absolute Gasteiger partial charge is 0.263 e. The summed E-state index contributed by atoms with van der Waals surface area (Å²) in [5, 5.41) is 2.85. The molecule has 1 aliphatic heterocycles. The molecule has 26 heavy (non-hydrogen) atoms. The predicted octanol–water partition coefficient (Wildman–Crippen LogP) is 2.65. The quantitative estimate of drug-likeness (QED) is 0.896. The second kappa shape index (κ2) is 7.74. The van der Waals surface area contributed by atoms with Crippen LogP contribution in [0.2, 0.25) is 0 Å². The predicted molar refractivity (Wildman–Crippen MR) is 103 cm³/mol. The lowest BCUT2D eigenvalue weighted by Gasteiger charge is -2.16. The number of ether oxygens (including phenoxy) is 1. The van der Waals surface area contributed by atoms with Gasteiger partial charge in [0.25, 0.3) is 11.5 Å². The standard InChI is InChI=1S/C20H25N3O3/c1-14-9-10-23(13-17-8-5-11-26-17)20(25)18(14)19(24)21-15-6-4-7-16(12-15)22(2)3/h4,6-7,9-10,12,17H,5,8,11,13H2,1-3H3,(H,21,24). The van der Waals surface area contributed by atoms with E-state index in [1.165, 1.54) is 0 Å². The van der Waals surface area contributed by atoms with Gasteiger partial charge in [-0.15, -0.1) is 0 Å². The van der Waals surface area contributed by atoms with Gasteiger partial charge in [-0.2, -0.15) is 0 Å². The van der Waals surface area contributed by atoms with Crippen molar-refractivity contribution in [3.8, 4) is 0 Å². The van der Waals surface area contributed by atoms with E-state index < -0.39 is 0 Å². The van der Waals surface area contributed by atoms with Crippen LogP contribution >= 0.6 is 0 Å². The van der Waals surface area contributed by atoms with Gasteiger partial charge in [-0.05, 0) is 49.6 Å². The van der Waals surface area contributed by atoms with Crippen LogP contribution in [0.25, 0.3) is 0 Å². The van der Waals surface area contributed by atoms with E-state index in [-0.39, 0.29) is 23.1 Å². The average molecular weight is 355 g/mol. The Morgan fingerprint density at radius 3 is 2.85 bits per heavy atom. The normalized spacial score (nSPS) is 16.5. The Labute approximate surface area is 153 Å². The molecular weight excluding hydrogens is 330 g/mol. The first-order valence-corrected chi connectivity index (χ1v) is 8.86. The number of anilines is 2.